The zero-order chi connectivity index (χ0) is 37.2. The number of carbonyl (C=O) groups is 6. The van der Waals surface area contributed by atoms with E-state index in [1.807, 2.05) is 72.8 Å². The molecule has 0 N–H and O–H groups in total. The van der Waals surface area contributed by atoms with E-state index < -0.39 is 48.4 Å². The van der Waals surface area contributed by atoms with E-state index in [-0.39, 0.29) is 54.0 Å². The molecule has 0 radical (unpaired) electrons. The van der Waals surface area contributed by atoms with Gasteiger partial charge in [0.25, 0.3) is 0 Å². The summed E-state index contributed by atoms with van der Waals surface area (Å²) in [6, 6.07) is 22.6. The predicted molar refractivity (Wildman–Crippen MR) is 227 cm³/mol. The van der Waals surface area contributed by atoms with Gasteiger partial charge in [0.15, 0.2) is 0 Å². The molecule has 20 heteroatoms. The number of hydrogen-bond donors (Lipinski definition) is 0. The van der Waals surface area contributed by atoms with Crippen molar-refractivity contribution in [2.75, 3.05) is 0 Å². The van der Waals surface area contributed by atoms with Gasteiger partial charge in [0.2, 0.25) is 0 Å². The molecule has 6 aromatic rings. The van der Waals surface area contributed by atoms with Gasteiger partial charge in [0, 0.05) is 30.7 Å². The normalized spacial score (nSPS) is 12.0. The summed E-state index contributed by atoms with van der Waals surface area (Å²) in [5.74, 6) is -2.02. The molecule has 0 aliphatic rings. The van der Waals surface area contributed by atoms with Crippen molar-refractivity contribution < 1.29 is 28.8 Å². The van der Waals surface area contributed by atoms with Crippen LogP contribution in [0.1, 0.15) is 52.0 Å². The second-order valence-corrected chi connectivity index (χ2v) is 16.2. The Bertz CT molecular complexity index is 1900. The van der Waals surface area contributed by atoms with Gasteiger partial charge in [-0.05, 0) is 55.7 Å². The van der Waals surface area contributed by atoms with Crippen molar-refractivity contribution >= 4 is 206 Å². The number of fused-ring (bicyclic) bond motifs is 3. The third-order valence-electron chi connectivity index (χ3n) is 6.79. The van der Waals surface area contributed by atoms with E-state index in [0.717, 1.165) is 30.6 Å². The van der Waals surface area contributed by atoms with Crippen molar-refractivity contribution in [2.45, 2.75) is 37.0 Å². The topological polar surface area (TPSA) is 141 Å². The van der Waals surface area contributed by atoms with Crippen LogP contribution in [-0.4, -0.2) is 80.4 Å². The molecule has 3 aromatic carbocycles. The average Bonchev–Trinajstić information content (AvgIpc) is 3.81. The molecular weight excluding hydrogens is 877 g/mol. The molecule has 3 aromatic heterocycles. The van der Waals surface area contributed by atoms with Crippen LogP contribution in [0.5, 0.6) is 0 Å². The molecular formula is C33H21Al2N3O6S9. The van der Waals surface area contributed by atoms with Gasteiger partial charge in [-0.3, -0.25) is 0 Å². The van der Waals surface area contributed by atoms with Gasteiger partial charge in [-0.2, -0.15) is 0 Å². The molecule has 264 valence electrons. The second kappa shape index (κ2) is 22.3. The Hall–Kier alpha value is -2.27. The fourth-order valence-corrected chi connectivity index (χ4v) is 8.94. The van der Waals surface area contributed by atoms with E-state index in [4.69, 9.17) is 0 Å². The number of thiazole rings is 3. The molecule has 0 aliphatic carbocycles. The molecule has 0 amide bonds. The Morgan fingerprint density at radius 1 is 0.434 bits per heavy atom. The number of benzene rings is 3. The number of carbonyl (C=O) groups excluding carboxylic acids is 6. The Morgan fingerprint density at radius 3 is 0.849 bits per heavy atom. The molecule has 0 aliphatic heterocycles. The Kier molecular flexibility index (Phi) is 19.8. The molecule has 53 heavy (non-hydrogen) atoms. The largest absolute Gasteiger partial charge is 3.00 e. The van der Waals surface area contributed by atoms with Crippen LogP contribution in [0, 0.1) is 0 Å². The van der Waals surface area contributed by atoms with E-state index in [2.05, 4.69) is 90.7 Å². The molecule has 0 saturated heterocycles. The minimum Gasteiger partial charge on any atom is -0.742 e. The quantitative estimate of drug-likeness (QED) is 0.120. The number of nitrogens with zero attached hydrogens (tertiary/aromatic N) is 3. The van der Waals surface area contributed by atoms with Gasteiger partial charge in [-0.1, -0.05) is 36.4 Å². The number of rotatable bonds is 12. The molecule has 9 nitrogen and oxygen atoms in total. The predicted octanol–water partition coefficient (Wildman–Crippen LogP) is 4.99. The molecule has 0 saturated carbocycles. The Balaban J connectivity index is 0.000000270. The molecule has 0 spiro atoms. The maximum atomic E-state index is 11.3. The monoisotopic (exact) mass is 897 g/mol. The fraction of sp³-hybridized carbons (Fsp3) is 0.182. The van der Waals surface area contributed by atoms with Crippen LogP contribution in [0.3, 0.4) is 0 Å². The first-order valence-electron chi connectivity index (χ1n) is 14.5. The number of hydrogen-bond acceptors (Lipinski definition) is 18. The summed E-state index contributed by atoms with van der Waals surface area (Å²) < 4.78 is 2.92. The van der Waals surface area contributed by atoms with Crippen molar-refractivity contribution in [3.63, 3.8) is 0 Å². The van der Waals surface area contributed by atoms with Gasteiger partial charge < -0.3 is 105 Å². The smallest absolute Gasteiger partial charge is 0.742 e. The summed E-state index contributed by atoms with van der Waals surface area (Å²) in [7, 11) is 0. The minimum atomic E-state index is -0.674. The van der Waals surface area contributed by atoms with Crippen LogP contribution in [0.15, 0.2) is 72.8 Å². The van der Waals surface area contributed by atoms with Gasteiger partial charge in [-0.25, -0.2) is 15.0 Å². The standard InChI is InChI=1S/3C11H9NO2S3.2Al/c3*13-9(15)5-6(11(14)16)10-12-7-3-1-2-4-8(7)17-10;;/h3*1-4,6H,5H2,(H,13,15)(H,14,16);;/q;;;2*+3/p-6. The van der Waals surface area contributed by atoms with Crippen molar-refractivity contribution in [3.8, 4) is 0 Å². The Labute approximate surface area is 370 Å². The molecule has 3 heterocycles. The average molecular weight is 898 g/mol. The number of aromatic nitrogens is 3. The molecule has 3 atom stereocenters. The zero-order valence-electron chi connectivity index (χ0n) is 26.9. The third-order valence-corrected chi connectivity index (χ3v) is 11.6. The van der Waals surface area contributed by atoms with Crippen LogP contribution < -0.4 is 0 Å². The van der Waals surface area contributed by atoms with Gasteiger partial charge >= 0.3 is 34.7 Å². The summed E-state index contributed by atoms with van der Waals surface area (Å²) in [5, 5.41) is -1.13. The fourth-order valence-electron chi connectivity index (χ4n) is 4.43. The SMILES string of the molecule is O=C([S-])CC(C(=O)[S-])c1nc2ccccc2s1.O=C([S-])CC(C(=O)[S-])c1nc2ccccc2s1.O=C([S-])CC(C(=O)[S-])c1nc2ccccc2s1.[Al+3].[Al+3]. The van der Waals surface area contributed by atoms with Crippen molar-refractivity contribution in [1.29, 1.82) is 0 Å². The van der Waals surface area contributed by atoms with Crippen LogP contribution >= 0.6 is 34.0 Å². The summed E-state index contributed by atoms with van der Waals surface area (Å²) in [4.78, 5) is 79.8. The summed E-state index contributed by atoms with van der Waals surface area (Å²) in [6.45, 7) is 0. The van der Waals surface area contributed by atoms with Crippen molar-refractivity contribution in [3.05, 3.63) is 87.8 Å². The van der Waals surface area contributed by atoms with E-state index in [9.17, 15) is 28.8 Å². The molecule has 6 rings (SSSR count). The van der Waals surface area contributed by atoms with Gasteiger partial charge in [-0.15, -0.1) is 34.0 Å². The van der Waals surface area contributed by atoms with E-state index in [0.29, 0.717) is 15.0 Å². The van der Waals surface area contributed by atoms with Gasteiger partial charge in [0.1, 0.15) is 15.0 Å². The Morgan fingerprint density at radius 2 is 0.660 bits per heavy atom. The minimum absolute atomic E-state index is 0. The zero-order valence-corrected chi connectivity index (χ0v) is 36.6. The van der Waals surface area contributed by atoms with Crippen LogP contribution in [0.2, 0.25) is 0 Å². The van der Waals surface area contributed by atoms with Gasteiger partial charge in [0.05, 0.1) is 48.4 Å². The summed E-state index contributed by atoms with van der Waals surface area (Å²) >= 11 is 31.5. The molecule has 3 unspecified atom stereocenters. The van der Waals surface area contributed by atoms with Crippen molar-refractivity contribution in [1.82, 2.24) is 15.0 Å². The van der Waals surface area contributed by atoms with E-state index in [1.165, 1.54) is 34.0 Å². The first-order chi connectivity index (χ1) is 24.2. The summed E-state index contributed by atoms with van der Waals surface area (Å²) in [5.41, 5.74) is 2.43. The summed E-state index contributed by atoms with van der Waals surface area (Å²) in [6.07, 6.45) is -0.132. The second-order valence-electron chi connectivity index (χ2n) is 10.4. The molecule has 0 bridgehead atoms. The first kappa shape index (κ1) is 46.9. The van der Waals surface area contributed by atoms with E-state index in [1.54, 1.807) is 0 Å². The van der Waals surface area contributed by atoms with Crippen LogP contribution in [-0.2, 0) is 105 Å². The maximum Gasteiger partial charge on any atom is 3.00 e. The van der Waals surface area contributed by atoms with E-state index >= 15 is 0 Å². The first-order valence-corrected chi connectivity index (χ1v) is 19.4. The maximum absolute atomic E-state index is 11.3. The van der Waals surface area contributed by atoms with Crippen LogP contribution in [0.4, 0.5) is 0 Å². The van der Waals surface area contributed by atoms with Crippen molar-refractivity contribution in [2.24, 2.45) is 0 Å². The molecule has 0 fully saturated rings. The third kappa shape index (κ3) is 13.8. The number of para-hydroxylation sites is 3. The van der Waals surface area contributed by atoms with Crippen LogP contribution in [0.25, 0.3) is 30.6 Å².